The number of benzene rings is 1. The maximum absolute atomic E-state index is 3.77. The minimum atomic E-state index is 0.480. The van der Waals surface area contributed by atoms with Crippen LogP contribution in [-0.4, -0.2) is 17.5 Å². The van der Waals surface area contributed by atoms with Crippen molar-refractivity contribution in [1.29, 1.82) is 0 Å². The molecule has 1 nitrogen and oxygen atoms in total. The molecule has 1 aromatic carbocycles. The Balaban J connectivity index is 1.89. The highest BCUT2D eigenvalue weighted by molar-refractivity contribution is 7.99. The Bertz CT molecular complexity index is 341. The van der Waals surface area contributed by atoms with E-state index in [0.717, 1.165) is 6.04 Å². The second kappa shape index (κ2) is 7.20. The highest BCUT2D eigenvalue weighted by atomic mass is 32.2. The molecule has 1 atom stereocenters. The first-order chi connectivity index (χ1) is 8.79. The highest BCUT2D eigenvalue weighted by Gasteiger charge is 2.16. The van der Waals surface area contributed by atoms with Gasteiger partial charge in [0.15, 0.2) is 0 Å². The van der Waals surface area contributed by atoms with Crippen LogP contribution in [0.4, 0.5) is 0 Å². The van der Waals surface area contributed by atoms with Gasteiger partial charge >= 0.3 is 0 Å². The number of hydrogen-bond donors (Lipinski definition) is 1. The van der Waals surface area contributed by atoms with Gasteiger partial charge in [-0.2, -0.15) is 11.8 Å². The maximum atomic E-state index is 3.77. The maximum Gasteiger partial charge on any atom is 0.0294 e. The Kier molecular flexibility index (Phi) is 5.58. The third-order valence-corrected chi connectivity index (χ3v) is 4.77. The van der Waals surface area contributed by atoms with E-state index in [9.17, 15) is 0 Å². The minimum absolute atomic E-state index is 0.480. The molecule has 1 aromatic rings. The molecular formula is C16H25NS. The Hall–Kier alpha value is -0.470. The summed E-state index contributed by atoms with van der Waals surface area (Å²) in [6.07, 6.45) is 5.07. The van der Waals surface area contributed by atoms with E-state index in [0.29, 0.717) is 6.04 Å². The average molecular weight is 263 g/mol. The molecular weight excluding hydrogens is 238 g/mol. The predicted molar refractivity (Wildman–Crippen MR) is 82.3 cm³/mol. The van der Waals surface area contributed by atoms with Crippen molar-refractivity contribution in [3.05, 3.63) is 35.4 Å². The van der Waals surface area contributed by atoms with E-state index in [1.54, 1.807) is 0 Å². The molecule has 1 aliphatic heterocycles. The van der Waals surface area contributed by atoms with Gasteiger partial charge in [-0.3, -0.25) is 0 Å². The third-order valence-electron chi connectivity index (χ3n) is 3.73. The van der Waals surface area contributed by atoms with Crippen molar-refractivity contribution in [1.82, 2.24) is 5.32 Å². The number of aryl methyl sites for hydroxylation is 1. The summed E-state index contributed by atoms with van der Waals surface area (Å²) in [5.41, 5.74) is 2.88. The van der Waals surface area contributed by atoms with Crippen LogP contribution < -0.4 is 5.32 Å². The molecule has 0 saturated carbocycles. The second-order valence-corrected chi connectivity index (χ2v) is 6.49. The second-order valence-electron chi connectivity index (χ2n) is 5.27. The quantitative estimate of drug-likeness (QED) is 0.855. The summed E-state index contributed by atoms with van der Waals surface area (Å²) >= 11 is 2.09. The molecule has 0 aromatic heterocycles. The zero-order valence-electron chi connectivity index (χ0n) is 11.6. The summed E-state index contributed by atoms with van der Waals surface area (Å²) in [4.78, 5) is 0. The van der Waals surface area contributed by atoms with Crippen molar-refractivity contribution in [2.24, 2.45) is 0 Å². The SMILES string of the molecule is CCCc1ccc(C(C)NC2CCSCC2)cc1. The predicted octanol–water partition coefficient (Wildman–Crippen LogP) is 4.19. The van der Waals surface area contributed by atoms with E-state index in [-0.39, 0.29) is 0 Å². The molecule has 1 unspecified atom stereocenters. The highest BCUT2D eigenvalue weighted by Crippen LogP contribution is 2.21. The van der Waals surface area contributed by atoms with Crippen molar-refractivity contribution >= 4 is 11.8 Å². The van der Waals surface area contributed by atoms with Crippen LogP contribution in [-0.2, 0) is 6.42 Å². The zero-order valence-corrected chi connectivity index (χ0v) is 12.4. The van der Waals surface area contributed by atoms with E-state index < -0.39 is 0 Å². The van der Waals surface area contributed by atoms with Crippen LogP contribution in [0.25, 0.3) is 0 Å². The fourth-order valence-corrected chi connectivity index (χ4v) is 3.68. The lowest BCUT2D eigenvalue weighted by atomic mass is 10.0. The van der Waals surface area contributed by atoms with Crippen LogP contribution >= 0.6 is 11.8 Å². The molecule has 1 fully saturated rings. The fourth-order valence-electron chi connectivity index (χ4n) is 2.58. The molecule has 1 saturated heterocycles. The topological polar surface area (TPSA) is 12.0 Å². The fraction of sp³-hybridized carbons (Fsp3) is 0.625. The average Bonchev–Trinajstić information content (AvgIpc) is 2.41. The van der Waals surface area contributed by atoms with Gasteiger partial charge in [0, 0.05) is 12.1 Å². The van der Waals surface area contributed by atoms with Gasteiger partial charge in [-0.25, -0.2) is 0 Å². The summed E-state index contributed by atoms with van der Waals surface area (Å²) in [6, 6.07) is 10.4. The van der Waals surface area contributed by atoms with Gasteiger partial charge in [-0.05, 0) is 48.8 Å². The Morgan fingerprint density at radius 3 is 2.50 bits per heavy atom. The molecule has 0 aliphatic carbocycles. The van der Waals surface area contributed by atoms with Gasteiger partial charge in [-0.15, -0.1) is 0 Å². The van der Waals surface area contributed by atoms with Gasteiger partial charge in [0.1, 0.15) is 0 Å². The van der Waals surface area contributed by atoms with E-state index >= 15 is 0 Å². The first-order valence-electron chi connectivity index (χ1n) is 7.22. The van der Waals surface area contributed by atoms with E-state index in [4.69, 9.17) is 0 Å². The molecule has 1 aliphatic rings. The monoisotopic (exact) mass is 263 g/mol. The number of rotatable bonds is 5. The van der Waals surface area contributed by atoms with Crippen molar-refractivity contribution in [3.8, 4) is 0 Å². The molecule has 1 N–H and O–H groups in total. The molecule has 0 spiro atoms. The smallest absolute Gasteiger partial charge is 0.0294 e. The van der Waals surface area contributed by atoms with Crippen LogP contribution in [0.3, 0.4) is 0 Å². The first kappa shape index (κ1) is 14.0. The molecule has 0 amide bonds. The van der Waals surface area contributed by atoms with Gasteiger partial charge < -0.3 is 5.32 Å². The normalized spacial score (nSPS) is 18.8. The largest absolute Gasteiger partial charge is 0.307 e. The Labute approximate surface area is 116 Å². The van der Waals surface area contributed by atoms with E-state index in [1.807, 2.05) is 0 Å². The zero-order chi connectivity index (χ0) is 12.8. The van der Waals surface area contributed by atoms with Crippen molar-refractivity contribution in [3.63, 3.8) is 0 Å². The Morgan fingerprint density at radius 2 is 1.89 bits per heavy atom. The molecule has 2 heteroatoms. The minimum Gasteiger partial charge on any atom is -0.307 e. The van der Waals surface area contributed by atoms with Crippen molar-refractivity contribution in [2.75, 3.05) is 11.5 Å². The number of hydrogen-bond acceptors (Lipinski definition) is 2. The van der Waals surface area contributed by atoms with Gasteiger partial charge in [0.25, 0.3) is 0 Å². The van der Waals surface area contributed by atoms with E-state index in [2.05, 4.69) is 55.2 Å². The molecule has 0 radical (unpaired) electrons. The lowest BCUT2D eigenvalue weighted by Gasteiger charge is -2.26. The Morgan fingerprint density at radius 1 is 1.22 bits per heavy atom. The van der Waals surface area contributed by atoms with Crippen LogP contribution in [0.15, 0.2) is 24.3 Å². The summed E-state index contributed by atoms with van der Waals surface area (Å²) in [5.74, 6) is 2.64. The van der Waals surface area contributed by atoms with Gasteiger partial charge in [-0.1, -0.05) is 37.6 Å². The summed E-state index contributed by atoms with van der Waals surface area (Å²) in [7, 11) is 0. The molecule has 2 rings (SSSR count). The third kappa shape index (κ3) is 4.03. The van der Waals surface area contributed by atoms with E-state index in [1.165, 1.54) is 48.3 Å². The molecule has 18 heavy (non-hydrogen) atoms. The lowest BCUT2D eigenvalue weighted by Crippen LogP contribution is -2.34. The van der Waals surface area contributed by atoms with Crippen LogP contribution in [0.5, 0.6) is 0 Å². The number of thioether (sulfide) groups is 1. The first-order valence-corrected chi connectivity index (χ1v) is 8.37. The molecule has 100 valence electrons. The lowest BCUT2D eigenvalue weighted by molar-refractivity contribution is 0.431. The van der Waals surface area contributed by atoms with Crippen LogP contribution in [0, 0.1) is 0 Å². The standard InChI is InChI=1S/C16H25NS/c1-3-4-14-5-7-15(8-6-14)13(2)17-16-9-11-18-12-10-16/h5-8,13,16-17H,3-4,9-12H2,1-2H3. The summed E-state index contributed by atoms with van der Waals surface area (Å²) in [6.45, 7) is 4.52. The number of nitrogens with one attached hydrogen (secondary N) is 1. The van der Waals surface area contributed by atoms with Crippen LogP contribution in [0.2, 0.25) is 0 Å². The van der Waals surface area contributed by atoms with Crippen LogP contribution in [0.1, 0.15) is 50.3 Å². The van der Waals surface area contributed by atoms with Crippen molar-refractivity contribution < 1.29 is 0 Å². The van der Waals surface area contributed by atoms with Gasteiger partial charge in [0.2, 0.25) is 0 Å². The molecule has 1 heterocycles. The summed E-state index contributed by atoms with van der Waals surface area (Å²) in [5, 5.41) is 3.77. The van der Waals surface area contributed by atoms with Crippen molar-refractivity contribution in [2.45, 2.75) is 51.6 Å². The van der Waals surface area contributed by atoms with Gasteiger partial charge in [0.05, 0.1) is 0 Å². The summed E-state index contributed by atoms with van der Waals surface area (Å²) < 4.78 is 0. The molecule has 0 bridgehead atoms.